The van der Waals surface area contributed by atoms with Gasteiger partial charge < -0.3 is 9.84 Å². The van der Waals surface area contributed by atoms with Gasteiger partial charge in [-0.15, -0.1) is 0 Å². The summed E-state index contributed by atoms with van der Waals surface area (Å²) >= 11 is 0. The number of para-hydroxylation sites is 1. The van der Waals surface area contributed by atoms with Gasteiger partial charge in [-0.2, -0.15) is 4.68 Å². The number of rotatable bonds is 4. The van der Waals surface area contributed by atoms with Gasteiger partial charge in [-0.25, -0.2) is 0 Å². The lowest BCUT2D eigenvalue weighted by atomic mass is 10.2. The molecule has 20 heavy (non-hydrogen) atoms. The van der Waals surface area contributed by atoms with Gasteiger partial charge in [0.05, 0.1) is 11.4 Å². The van der Waals surface area contributed by atoms with E-state index in [1.54, 1.807) is 4.68 Å². The van der Waals surface area contributed by atoms with Gasteiger partial charge in [-0.05, 0) is 36.4 Å². The third-order valence-corrected chi connectivity index (χ3v) is 3.07. The van der Waals surface area contributed by atoms with Crippen molar-refractivity contribution in [2.24, 2.45) is 0 Å². The summed E-state index contributed by atoms with van der Waals surface area (Å²) < 4.78 is 6.78. The molecule has 102 valence electrons. The second kappa shape index (κ2) is 5.12. The van der Waals surface area contributed by atoms with Gasteiger partial charge in [0.2, 0.25) is 5.95 Å². The Morgan fingerprint density at radius 2 is 2.00 bits per heavy atom. The molecule has 2 heterocycles. The molecule has 3 aromatic rings. The molecule has 0 radical (unpaired) electrons. The Kier molecular flexibility index (Phi) is 3.16. The first-order valence-corrected chi connectivity index (χ1v) is 6.25. The minimum atomic E-state index is 0.564. The lowest BCUT2D eigenvalue weighted by Gasteiger charge is -2.06. The Morgan fingerprint density at radius 1 is 1.20 bits per heavy atom. The van der Waals surface area contributed by atoms with Crippen LogP contribution in [0.4, 0.5) is 5.95 Å². The third kappa shape index (κ3) is 2.25. The van der Waals surface area contributed by atoms with Crippen molar-refractivity contribution in [1.82, 2.24) is 25.4 Å². The summed E-state index contributed by atoms with van der Waals surface area (Å²) in [6.45, 7) is 4.36. The molecule has 0 saturated carbocycles. The molecule has 7 nitrogen and oxygen atoms in total. The van der Waals surface area contributed by atoms with Gasteiger partial charge in [-0.1, -0.05) is 28.5 Å². The Hall–Kier alpha value is -2.70. The van der Waals surface area contributed by atoms with E-state index in [0.29, 0.717) is 12.5 Å². The van der Waals surface area contributed by atoms with Crippen molar-refractivity contribution >= 4 is 5.95 Å². The van der Waals surface area contributed by atoms with Gasteiger partial charge >= 0.3 is 0 Å². The fraction of sp³-hybridized carbons (Fsp3) is 0.231. The average molecular weight is 270 g/mol. The molecule has 0 spiro atoms. The zero-order chi connectivity index (χ0) is 13.9. The van der Waals surface area contributed by atoms with Gasteiger partial charge in [0, 0.05) is 12.1 Å². The van der Waals surface area contributed by atoms with Crippen LogP contribution >= 0.6 is 0 Å². The molecule has 0 amide bonds. The molecule has 3 rings (SSSR count). The second-order valence-corrected chi connectivity index (χ2v) is 4.41. The van der Waals surface area contributed by atoms with Gasteiger partial charge in [0.25, 0.3) is 0 Å². The fourth-order valence-electron chi connectivity index (χ4n) is 1.96. The average Bonchev–Trinajstić information content (AvgIpc) is 3.06. The number of benzene rings is 1. The predicted octanol–water partition coefficient (Wildman–Crippen LogP) is 1.88. The molecule has 0 aliphatic heterocycles. The van der Waals surface area contributed by atoms with E-state index in [1.807, 2.05) is 44.2 Å². The van der Waals surface area contributed by atoms with Crippen molar-refractivity contribution in [2.75, 3.05) is 5.32 Å². The van der Waals surface area contributed by atoms with Crippen LogP contribution in [-0.2, 0) is 6.54 Å². The zero-order valence-electron chi connectivity index (χ0n) is 11.2. The lowest BCUT2D eigenvalue weighted by Crippen LogP contribution is -2.08. The van der Waals surface area contributed by atoms with Crippen LogP contribution in [0.15, 0.2) is 34.9 Å². The van der Waals surface area contributed by atoms with Crippen molar-refractivity contribution < 1.29 is 4.52 Å². The maximum atomic E-state index is 5.13. The molecule has 0 aliphatic carbocycles. The van der Waals surface area contributed by atoms with E-state index >= 15 is 0 Å². The molecule has 0 aliphatic rings. The third-order valence-electron chi connectivity index (χ3n) is 3.07. The SMILES string of the molecule is Cc1noc(C)c1CNc1nnnn1-c1ccccc1. The summed E-state index contributed by atoms with van der Waals surface area (Å²) in [5, 5.41) is 18.8. The number of tetrazole rings is 1. The van der Waals surface area contributed by atoms with Gasteiger partial charge in [0.15, 0.2) is 0 Å². The number of anilines is 1. The molecule has 0 fully saturated rings. The normalized spacial score (nSPS) is 10.7. The first-order chi connectivity index (χ1) is 9.75. The maximum Gasteiger partial charge on any atom is 0.248 e. The van der Waals surface area contributed by atoms with E-state index in [2.05, 4.69) is 26.0 Å². The smallest absolute Gasteiger partial charge is 0.248 e. The first kappa shape index (κ1) is 12.3. The highest BCUT2D eigenvalue weighted by Crippen LogP contribution is 2.15. The molecular weight excluding hydrogens is 256 g/mol. The highest BCUT2D eigenvalue weighted by molar-refractivity contribution is 5.39. The number of hydrogen-bond donors (Lipinski definition) is 1. The number of nitrogens with zero attached hydrogens (tertiary/aromatic N) is 5. The van der Waals surface area contributed by atoms with Crippen LogP contribution in [0.3, 0.4) is 0 Å². The largest absolute Gasteiger partial charge is 0.361 e. The summed E-state index contributed by atoms with van der Waals surface area (Å²) in [7, 11) is 0. The summed E-state index contributed by atoms with van der Waals surface area (Å²) in [5.74, 6) is 1.38. The van der Waals surface area contributed by atoms with Crippen molar-refractivity contribution in [1.29, 1.82) is 0 Å². The Labute approximate surface area is 115 Å². The van der Waals surface area contributed by atoms with E-state index in [1.165, 1.54) is 0 Å². The molecule has 0 atom stereocenters. The van der Waals surface area contributed by atoms with Crippen LogP contribution < -0.4 is 5.32 Å². The van der Waals surface area contributed by atoms with Crippen LogP contribution in [-0.4, -0.2) is 25.4 Å². The summed E-state index contributed by atoms with van der Waals surface area (Å²) in [6, 6.07) is 9.71. The highest BCUT2D eigenvalue weighted by Gasteiger charge is 2.12. The Balaban J connectivity index is 1.81. The van der Waals surface area contributed by atoms with E-state index in [9.17, 15) is 0 Å². The van der Waals surface area contributed by atoms with Crippen LogP contribution in [0, 0.1) is 13.8 Å². The zero-order valence-corrected chi connectivity index (χ0v) is 11.2. The summed E-state index contributed by atoms with van der Waals surface area (Å²) in [4.78, 5) is 0. The molecular formula is C13H14N6O. The predicted molar refractivity (Wildman–Crippen MR) is 72.5 cm³/mol. The molecule has 1 aromatic carbocycles. The summed E-state index contributed by atoms with van der Waals surface area (Å²) in [6.07, 6.45) is 0. The van der Waals surface area contributed by atoms with E-state index in [-0.39, 0.29) is 0 Å². The summed E-state index contributed by atoms with van der Waals surface area (Å²) in [5.41, 5.74) is 2.79. The van der Waals surface area contributed by atoms with Crippen molar-refractivity contribution in [3.05, 3.63) is 47.3 Å². The van der Waals surface area contributed by atoms with Gasteiger partial charge in [0.1, 0.15) is 5.76 Å². The lowest BCUT2D eigenvalue weighted by molar-refractivity contribution is 0.392. The van der Waals surface area contributed by atoms with E-state index in [0.717, 1.165) is 22.7 Å². The second-order valence-electron chi connectivity index (χ2n) is 4.41. The quantitative estimate of drug-likeness (QED) is 0.779. The Bertz CT molecular complexity index is 683. The van der Waals surface area contributed by atoms with Crippen LogP contribution in [0.2, 0.25) is 0 Å². The van der Waals surface area contributed by atoms with Crippen molar-refractivity contribution in [3.63, 3.8) is 0 Å². The molecule has 1 N–H and O–H groups in total. The number of aryl methyl sites for hydroxylation is 2. The number of hydrogen-bond acceptors (Lipinski definition) is 6. The molecule has 0 bridgehead atoms. The highest BCUT2D eigenvalue weighted by atomic mass is 16.5. The maximum absolute atomic E-state index is 5.13. The molecule has 0 unspecified atom stereocenters. The first-order valence-electron chi connectivity index (χ1n) is 6.25. The molecule has 7 heteroatoms. The van der Waals surface area contributed by atoms with Gasteiger partial charge in [-0.3, -0.25) is 0 Å². The number of nitrogens with one attached hydrogen (secondary N) is 1. The van der Waals surface area contributed by atoms with Crippen molar-refractivity contribution in [3.8, 4) is 5.69 Å². The number of aromatic nitrogens is 5. The van der Waals surface area contributed by atoms with Crippen LogP contribution in [0.5, 0.6) is 0 Å². The van der Waals surface area contributed by atoms with Crippen LogP contribution in [0.1, 0.15) is 17.0 Å². The van der Waals surface area contributed by atoms with Crippen molar-refractivity contribution in [2.45, 2.75) is 20.4 Å². The van der Waals surface area contributed by atoms with E-state index in [4.69, 9.17) is 4.52 Å². The molecule has 0 saturated heterocycles. The topological polar surface area (TPSA) is 81.7 Å². The van der Waals surface area contributed by atoms with Crippen LogP contribution in [0.25, 0.3) is 5.69 Å². The molecule has 2 aromatic heterocycles. The fourth-order valence-corrected chi connectivity index (χ4v) is 1.96. The Morgan fingerprint density at radius 3 is 2.70 bits per heavy atom. The monoisotopic (exact) mass is 270 g/mol. The minimum Gasteiger partial charge on any atom is -0.361 e. The minimum absolute atomic E-state index is 0.564. The standard InChI is InChI=1S/C13H14N6O/c1-9-12(10(2)20-16-9)8-14-13-15-17-18-19(13)11-6-4-3-5-7-11/h3-7H,8H2,1-2H3,(H,14,15,18). The van der Waals surface area contributed by atoms with E-state index < -0.39 is 0 Å².